The van der Waals surface area contributed by atoms with Gasteiger partial charge in [0.05, 0.1) is 0 Å². The van der Waals surface area contributed by atoms with Gasteiger partial charge >= 0.3 is 0 Å². The zero-order valence-corrected chi connectivity index (χ0v) is 11.5. The van der Waals surface area contributed by atoms with Gasteiger partial charge in [-0.1, -0.05) is 53.2 Å². The molecular weight excluding hydrogens is 274 g/mol. The molecule has 0 radical (unpaired) electrons. The molecule has 1 heterocycles. The van der Waals surface area contributed by atoms with Crippen molar-refractivity contribution in [2.75, 3.05) is 0 Å². The van der Waals surface area contributed by atoms with Crippen molar-refractivity contribution in [1.82, 2.24) is 4.98 Å². The molecule has 0 N–H and O–H groups in total. The van der Waals surface area contributed by atoms with E-state index in [1.165, 1.54) is 11.1 Å². The lowest BCUT2D eigenvalue weighted by Crippen LogP contribution is -1.97. The number of aromatic nitrogens is 1. The smallest absolute Gasteiger partial charge is 0.0450 e. The molecule has 1 atom stereocenters. The molecule has 0 fully saturated rings. The van der Waals surface area contributed by atoms with Crippen molar-refractivity contribution in [3.8, 4) is 0 Å². The van der Waals surface area contributed by atoms with E-state index in [1.54, 1.807) is 0 Å². The number of benzene rings is 1. The molecule has 0 saturated heterocycles. The van der Waals surface area contributed by atoms with Crippen molar-refractivity contribution in [2.24, 2.45) is 0 Å². The average molecular weight is 290 g/mol. The summed E-state index contributed by atoms with van der Waals surface area (Å²) >= 11 is 3.73. The van der Waals surface area contributed by atoms with Crippen LogP contribution in [0.1, 0.15) is 28.6 Å². The van der Waals surface area contributed by atoms with E-state index < -0.39 is 0 Å². The van der Waals surface area contributed by atoms with Crippen molar-refractivity contribution in [3.05, 3.63) is 65.5 Å². The van der Waals surface area contributed by atoms with Crippen LogP contribution in [0.15, 0.2) is 48.7 Å². The van der Waals surface area contributed by atoms with E-state index in [4.69, 9.17) is 0 Å². The van der Waals surface area contributed by atoms with Gasteiger partial charge in [-0.25, -0.2) is 0 Å². The maximum atomic E-state index is 4.35. The summed E-state index contributed by atoms with van der Waals surface area (Å²) in [4.78, 5) is 4.68. The second-order valence-corrected chi connectivity index (χ2v) is 5.19. The highest BCUT2D eigenvalue weighted by Gasteiger charge is 2.08. The third-order valence-corrected chi connectivity index (χ3v) is 3.72. The summed E-state index contributed by atoms with van der Waals surface area (Å²) in [7, 11) is 0. The number of halogens is 1. The van der Waals surface area contributed by atoms with E-state index in [0.717, 1.165) is 18.5 Å². The molecule has 2 rings (SSSR count). The number of alkyl halides is 1. The number of rotatable bonds is 4. The molecule has 0 aliphatic heterocycles. The highest BCUT2D eigenvalue weighted by atomic mass is 79.9. The van der Waals surface area contributed by atoms with Crippen molar-refractivity contribution >= 4 is 15.9 Å². The molecule has 17 heavy (non-hydrogen) atoms. The van der Waals surface area contributed by atoms with Gasteiger partial charge in [-0.3, -0.25) is 4.98 Å². The summed E-state index contributed by atoms with van der Waals surface area (Å²) < 4.78 is 0. The van der Waals surface area contributed by atoms with E-state index in [2.05, 4.69) is 58.2 Å². The molecule has 0 bridgehead atoms. The zero-order valence-electron chi connectivity index (χ0n) is 9.94. The second-order valence-electron chi connectivity index (χ2n) is 4.09. The lowest BCUT2D eigenvalue weighted by atomic mass is 10.0. The van der Waals surface area contributed by atoms with Gasteiger partial charge in [0.1, 0.15) is 0 Å². The number of hydrogen-bond donors (Lipinski definition) is 0. The predicted molar refractivity (Wildman–Crippen MR) is 75.4 cm³/mol. The first-order chi connectivity index (χ1) is 8.29. The van der Waals surface area contributed by atoms with Crippen LogP contribution in [-0.2, 0) is 12.8 Å². The summed E-state index contributed by atoms with van der Waals surface area (Å²) in [5.74, 6) is 0. The molecular formula is C15H16BrN. The van der Waals surface area contributed by atoms with E-state index >= 15 is 0 Å². The fourth-order valence-electron chi connectivity index (χ4n) is 1.78. The van der Waals surface area contributed by atoms with Crippen LogP contribution in [-0.4, -0.2) is 4.98 Å². The topological polar surface area (TPSA) is 12.9 Å². The molecule has 0 aliphatic rings. The summed E-state index contributed by atoms with van der Waals surface area (Å²) in [5, 5.41) is 0. The summed E-state index contributed by atoms with van der Waals surface area (Å²) in [6.45, 7) is 2.18. The van der Waals surface area contributed by atoms with Crippen molar-refractivity contribution < 1.29 is 0 Å². The summed E-state index contributed by atoms with van der Waals surface area (Å²) in [6.07, 6.45) is 3.86. The number of nitrogens with zero attached hydrogens (tertiary/aromatic N) is 1. The predicted octanol–water partition coefficient (Wildman–Crippen LogP) is 4.32. The molecule has 1 unspecified atom stereocenters. The molecule has 1 aromatic carbocycles. The largest absolute Gasteiger partial charge is 0.261 e. The minimum Gasteiger partial charge on any atom is -0.261 e. The quantitative estimate of drug-likeness (QED) is 0.764. The van der Waals surface area contributed by atoms with Crippen LogP contribution in [0.4, 0.5) is 0 Å². The van der Waals surface area contributed by atoms with Crippen LogP contribution in [0.25, 0.3) is 0 Å². The minimum atomic E-state index is 0.336. The molecule has 1 nitrogen and oxygen atoms in total. The van der Waals surface area contributed by atoms with E-state index in [-0.39, 0.29) is 0 Å². The van der Waals surface area contributed by atoms with E-state index in [9.17, 15) is 0 Å². The molecule has 88 valence electrons. The Morgan fingerprint density at radius 1 is 1.12 bits per heavy atom. The lowest BCUT2D eigenvalue weighted by Gasteiger charge is -2.10. The van der Waals surface area contributed by atoms with Crippen LogP contribution in [0, 0.1) is 0 Å². The number of hydrogen-bond acceptors (Lipinski definition) is 1. The Balaban J connectivity index is 2.06. The Bertz CT molecular complexity index is 450. The molecule has 2 aromatic rings. The SMILES string of the molecule is CCc1ccc(C(Br)Cc2ccccn2)cc1. The summed E-state index contributed by atoms with van der Waals surface area (Å²) in [6, 6.07) is 14.8. The highest BCUT2D eigenvalue weighted by molar-refractivity contribution is 9.09. The Labute approximate surface area is 111 Å². The Morgan fingerprint density at radius 2 is 1.88 bits per heavy atom. The van der Waals surface area contributed by atoms with E-state index in [1.807, 2.05) is 18.3 Å². The Hall–Kier alpha value is -1.15. The minimum absolute atomic E-state index is 0.336. The molecule has 1 aromatic heterocycles. The molecule has 0 amide bonds. The average Bonchev–Trinajstić information content (AvgIpc) is 2.40. The third-order valence-electron chi connectivity index (χ3n) is 2.86. The number of pyridine rings is 1. The van der Waals surface area contributed by atoms with Gasteiger partial charge in [0.15, 0.2) is 0 Å². The van der Waals surface area contributed by atoms with E-state index in [0.29, 0.717) is 4.83 Å². The molecule has 2 heteroatoms. The standard InChI is InChI=1S/C15H16BrN/c1-2-12-6-8-13(9-7-12)15(16)11-14-5-3-4-10-17-14/h3-10,15H,2,11H2,1H3. The fourth-order valence-corrected chi connectivity index (χ4v) is 2.42. The number of aryl methyl sites for hydroxylation is 1. The van der Waals surface area contributed by atoms with Gasteiger partial charge in [-0.05, 0) is 29.7 Å². The van der Waals surface area contributed by atoms with Gasteiger partial charge in [0.2, 0.25) is 0 Å². The van der Waals surface area contributed by atoms with Crippen LogP contribution >= 0.6 is 15.9 Å². The lowest BCUT2D eigenvalue weighted by molar-refractivity contribution is 0.903. The first-order valence-electron chi connectivity index (χ1n) is 5.92. The van der Waals surface area contributed by atoms with Crippen LogP contribution < -0.4 is 0 Å². The highest BCUT2D eigenvalue weighted by Crippen LogP contribution is 2.26. The molecule has 0 saturated carbocycles. The first kappa shape index (κ1) is 12.3. The molecule has 0 aliphatic carbocycles. The normalized spacial score (nSPS) is 12.4. The Morgan fingerprint density at radius 3 is 2.47 bits per heavy atom. The van der Waals surface area contributed by atoms with Gasteiger partial charge in [-0.15, -0.1) is 0 Å². The fraction of sp³-hybridized carbons (Fsp3) is 0.267. The monoisotopic (exact) mass is 289 g/mol. The van der Waals surface area contributed by atoms with Gasteiger partial charge in [0.25, 0.3) is 0 Å². The van der Waals surface area contributed by atoms with Crippen LogP contribution in [0.2, 0.25) is 0 Å². The zero-order chi connectivity index (χ0) is 12.1. The maximum absolute atomic E-state index is 4.35. The van der Waals surface area contributed by atoms with Crippen molar-refractivity contribution in [3.63, 3.8) is 0 Å². The van der Waals surface area contributed by atoms with Crippen LogP contribution in [0.3, 0.4) is 0 Å². The van der Waals surface area contributed by atoms with Gasteiger partial charge < -0.3 is 0 Å². The third kappa shape index (κ3) is 3.40. The van der Waals surface area contributed by atoms with Crippen LogP contribution in [0.5, 0.6) is 0 Å². The summed E-state index contributed by atoms with van der Waals surface area (Å²) in [5.41, 5.74) is 3.81. The van der Waals surface area contributed by atoms with Gasteiger partial charge in [-0.2, -0.15) is 0 Å². The van der Waals surface area contributed by atoms with Crippen molar-refractivity contribution in [2.45, 2.75) is 24.6 Å². The van der Waals surface area contributed by atoms with Crippen molar-refractivity contribution in [1.29, 1.82) is 0 Å². The maximum Gasteiger partial charge on any atom is 0.0450 e. The molecule has 0 spiro atoms. The second kappa shape index (κ2) is 5.97. The van der Waals surface area contributed by atoms with Gasteiger partial charge in [0, 0.05) is 23.1 Å². The Kier molecular flexibility index (Phi) is 4.32. The first-order valence-corrected chi connectivity index (χ1v) is 6.84.